The molecular weight excluding hydrogens is 272 g/mol. The Kier molecular flexibility index (Phi) is 5.70. The van der Waals surface area contributed by atoms with E-state index in [1.165, 1.54) is 24.8 Å². The first-order valence-electron chi connectivity index (χ1n) is 7.47. The van der Waals surface area contributed by atoms with Crippen molar-refractivity contribution in [2.45, 2.75) is 32.2 Å². The molecule has 3 nitrogen and oxygen atoms in total. The summed E-state index contributed by atoms with van der Waals surface area (Å²) in [6.07, 6.45) is 3.87. The number of methoxy groups -OCH3 is 1. The number of rotatable bonds is 6. The molecule has 2 rings (SSSR count). The van der Waals surface area contributed by atoms with Gasteiger partial charge in [-0.3, -0.25) is 4.90 Å². The number of ether oxygens (including phenoxy) is 1. The molecule has 1 aromatic rings. The number of hydrogen-bond acceptors (Lipinski definition) is 3. The second kappa shape index (κ2) is 7.30. The second-order valence-electron chi connectivity index (χ2n) is 5.58. The Morgan fingerprint density at radius 3 is 2.90 bits per heavy atom. The van der Waals surface area contributed by atoms with E-state index in [0.717, 1.165) is 24.8 Å². The lowest BCUT2D eigenvalue weighted by Crippen LogP contribution is -2.32. The van der Waals surface area contributed by atoms with Gasteiger partial charge in [-0.05, 0) is 43.0 Å². The molecule has 1 heterocycles. The Bertz CT molecular complexity index is 438. The van der Waals surface area contributed by atoms with E-state index in [1.807, 2.05) is 12.1 Å². The van der Waals surface area contributed by atoms with Crippen molar-refractivity contribution in [2.24, 2.45) is 11.7 Å². The SMILES string of the molecule is CCCC1CCN(C(CN)c2ccc(OC)c(Cl)c2)C1. The zero-order valence-electron chi connectivity index (χ0n) is 12.4. The Balaban J connectivity index is 2.10. The van der Waals surface area contributed by atoms with Crippen molar-refractivity contribution in [3.63, 3.8) is 0 Å². The number of benzene rings is 1. The Morgan fingerprint density at radius 1 is 1.50 bits per heavy atom. The molecule has 0 radical (unpaired) electrons. The summed E-state index contributed by atoms with van der Waals surface area (Å²) in [5.41, 5.74) is 7.20. The van der Waals surface area contributed by atoms with E-state index in [4.69, 9.17) is 22.1 Å². The van der Waals surface area contributed by atoms with Gasteiger partial charge in [0.05, 0.1) is 12.1 Å². The first-order valence-corrected chi connectivity index (χ1v) is 7.85. The van der Waals surface area contributed by atoms with Crippen LogP contribution < -0.4 is 10.5 Å². The first-order chi connectivity index (χ1) is 9.69. The van der Waals surface area contributed by atoms with Gasteiger partial charge in [0, 0.05) is 19.1 Å². The fourth-order valence-electron chi connectivity index (χ4n) is 3.18. The van der Waals surface area contributed by atoms with Crippen molar-refractivity contribution >= 4 is 11.6 Å². The van der Waals surface area contributed by atoms with Crippen LogP contribution in [0.15, 0.2) is 18.2 Å². The zero-order valence-corrected chi connectivity index (χ0v) is 13.2. The topological polar surface area (TPSA) is 38.5 Å². The highest BCUT2D eigenvalue weighted by atomic mass is 35.5. The lowest BCUT2D eigenvalue weighted by molar-refractivity contribution is 0.239. The molecule has 1 fully saturated rings. The molecule has 4 heteroatoms. The largest absolute Gasteiger partial charge is 0.495 e. The Hall–Kier alpha value is -0.770. The highest BCUT2D eigenvalue weighted by molar-refractivity contribution is 6.32. The Morgan fingerprint density at radius 2 is 2.30 bits per heavy atom. The van der Waals surface area contributed by atoms with Crippen molar-refractivity contribution in [1.82, 2.24) is 4.90 Å². The average Bonchev–Trinajstić information content (AvgIpc) is 2.89. The highest BCUT2D eigenvalue weighted by Gasteiger charge is 2.28. The predicted octanol–water partition coefficient (Wildman–Crippen LogP) is 3.47. The van der Waals surface area contributed by atoms with Crippen molar-refractivity contribution < 1.29 is 4.74 Å². The van der Waals surface area contributed by atoms with Crippen LogP contribution in [0.25, 0.3) is 0 Å². The van der Waals surface area contributed by atoms with Crippen molar-refractivity contribution in [3.05, 3.63) is 28.8 Å². The highest BCUT2D eigenvalue weighted by Crippen LogP contribution is 2.33. The number of nitrogens with zero attached hydrogens (tertiary/aromatic N) is 1. The van der Waals surface area contributed by atoms with Crippen LogP contribution in [0.1, 0.15) is 37.8 Å². The van der Waals surface area contributed by atoms with Gasteiger partial charge in [0.25, 0.3) is 0 Å². The molecule has 2 unspecified atom stereocenters. The maximum atomic E-state index is 6.23. The van der Waals surface area contributed by atoms with Crippen LogP contribution in [0, 0.1) is 5.92 Å². The lowest BCUT2D eigenvalue weighted by Gasteiger charge is -2.27. The third kappa shape index (κ3) is 3.46. The van der Waals surface area contributed by atoms with Gasteiger partial charge in [-0.1, -0.05) is 31.0 Å². The van der Waals surface area contributed by atoms with E-state index >= 15 is 0 Å². The molecule has 0 aromatic heterocycles. The summed E-state index contributed by atoms with van der Waals surface area (Å²) in [6, 6.07) is 6.26. The smallest absolute Gasteiger partial charge is 0.137 e. The van der Waals surface area contributed by atoms with E-state index in [2.05, 4.69) is 17.9 Å². The molecule has 0 aliphatic carbocycles. The van der Waals surface area contributed by atoms with Crippen LogP contribution in [-0.4, -0.2) is 31.6 Å². The van der Waals surface area contributed by atoms with Crippen LogP contribution in [0.3, 0.4) is 0 Å². The Labute approximate surface area is 127 Å². The molecule has 1 saturated heterocycles. The molecule has 20 heavy (non-hydrogen) atoms. The lowest BCUT2D eigenvalue weighted by atomic mass is 10.0. The minimum atomic E-state index is 0.264. The van der Waals surface area contributed by atoms with Gasteiger partial charge < -0.3 is 10.5 Å². The molecule has 1 aliphatic rings. The standard InChI is InChI=1S/C16H25ClN2O/c1-3-4-12-7-8-19(11-12)15(10-18)13-5-6-16(20-2)14(17)9-13/h5-6,9,12,15H,3-4,7-8,10-11,18H2,1-2H3. The molecular formula is C16H25ClN2O. The average molecular weight is 297 g/mol. The van der Waals surface area contributed by atoms with Crippen molar-refractivity contribution in [1.29, 1.82) is 0 Å². The van der Waals surface area contributed by atoms with Gasteiger partial charge in [-0.25, -0.2) is 0 Å². The van der Waals surface area contributed by atoms with E-state index in [9.17, 15) is 0 Å². The minimum Gasteiger partial charge on any atom is -0.495 e. The number of nitrogens with two attached hydrogens (primary N) is 1. The molecule has 1 aliphatic heterocycles. The fourth-order valence-corrected chi connectivity index (χ4v) is 3.44. The number of hydrogen-bond donors (Lipinski definition) is 1. The summed E-state index contributed by atoms with van der Waals surface area (Å²) in [5, 5.41) is 0.660. The molecule has 0 spiro atoms. The van der Waals surface area contributed by atoms with Gasteiger partial charge in [-0.2, -0.15) is 0 Å². The first kappa shape index (κ1) is 15.6. The maximum absolute atomic E-state index is 6.23. The van der Waals surface area contributed by atoms with Gasteiger partial charge >= 0.3 is 0 Å². The monoisotopic (exact) mass is 296 g/mol. The van der Waals surface area contributed by atoms with E-state index in [1.54, 1.807) is 7.11 Å². The zero-order chi connectivity index (χ0) is 14.5. The van der Waals surface area contributed by atoms with E-state index in [-0.39, 0.29) is 6.04 Å². The van der Waals surface area contributed by atoms with Crippen LogP contribution in [0.2, 0.25) is 5.02 Å². The maximum Gasteiger partial charge on any atom is 0.137 e. The van der Waals surface area contributed by atoms with Gasteiger partial charge in [0.1, 0.15) is 5.75 Å². The van der Waals surface area contributed by atoms with E-state index < -0.39 is 0 Å². The molecule has 0 saturated carbocycles. The van der Waals surface area contributed by atoms with E-state index in [0.29, 0.717) is 11.6 Å². The fraction of sp³-hybridized carbons (Fsp3) is 0.625. The van der Waals surface area contributed by atoms with Crippen molar-refractivity contribution in [3.8, 4) is 5.75 Å². The van der Waals surface area contributed by atoms with Gasteiger partial charge in [0.2, 0.25) is 0 Å². The molecule has 2 atom stereocenters. The van der Waals surface area contributed by atoms with Crippen LogP contribution in [0.5, 0.6) is 5.75 Å². The molecule has 1 aromatic carbocycles. The third-order valence-electron chi connectivity index (χ3n) is 4.24. The molecule has 112 valence electrons. The third-order valence-corrected chi connectivity index (χ3v) is 4.53. The predicted molar refractivity (Wildman–Crippen MR) is 84.4 cm³/mol. The quantitative estimate of drug-likeness (QED) is 0.873. The normalized spacial score (nSPS) is 21.1. The minimum absolute atomic E-state index is 0.264. The van der Waals surface area contributed by atoms with Gasteiger partial charge in [-0.15, -0.1) is 0 Å². The summed E-state index contributed by atoms with van der Waals surface area (Å²) in [5.74, 6) is 1.54. The summed E-state index contributed by atoms with van der Waals surface area (Å²) in [7, 11) is 1.64. The van der Waals surface area contributed by atoms with Crippen LogP contribution >= 0.6 is 11.6 Å². The molecule has 0 bridgehead atoms. The summed E-state index contributed by atoms with van der Waals surface area (Å²) in [4.78, 5) is 2.50. The summed E-state index contributed by atoms with van der Waals surface area (Å²) in [6.45, 7) is 5.17. The summed E-state index contributed by atoms with van der Waals surface area (Å²) < 4.78 is 5.21. The van der Waals surface area contributed by atoms with Gasteiger partial charge in [0.15, 0.2) is 0 Å². The number of likely N-dealkylation sites (tertiary alicyclic amines) is 1. The van der Waals surface area contributed by atoms with Crippen LogP contribution in [-0.2, 0) is 0 Å². The van der Waals surface area contributed by atoms with Crippen molar-refractivity contribution in [2.75, 3.05) is 26.7 Å². The molecule has 2 N–H and O–H groups in total. The number of halogens is 1. The summed E-state index contributed by atoms with van der Waals surface area (Å²) >= 11 is 6.23. The molecule has 0 amide bonds. The second-order valence-corrected chi connectivity index (χ2v) is 5.99. The van der Waals surface area contributed by atoms with Crippen LogP contribution in [0.4, 0.5) is 0 Å².